The van der Waals surface area contributed by atoms with E-state index >= 15 is 0 Å². The number of hydrogen-bond donors (Lipinski definition) is 3. The molecule has 98 valence electrons. The summed E-state index contributed by atoms with van der Waals surface area (Å²) in [6, 6.07) is 7.24. The summed E-state index contributed by atoms with van der Waals surface area (Å²) in [5.41, 5.74) is 6.29. The fourth-order valence-corrected chi connectivity index (χ4v) is 1.74. The molecular weight excluding hydrogens is 330 g/mol. The predicted molar refractivity (Wildman–Crippen MR) is 80.3 cm³/mol. The summed E-state index contributed by atoms with van der Waals surface area (Å²) in [4.78, 5) is 2.77. The number of aromatic amines is 1. The number of halogens is 1. The molecule has 0 amide bonds. The Morgan fingerprint density at radius 3 is 2.79 bits per heavy atom. The Hall–Kier alpha value is -1.98. The van der Waals surface area contributed by atoms with Crippen molar-refractivity contribution in [1.29, 1.82) is 5.26 Å². The van der Waals surface area contributed by atoms with Gasteiger partial charge in [0.2, 0.25) is 11.0 Å². The van der Waals surface area contributed by atoms with Crippen LogP contribution in [0.3, 0.4) is 0 Å². The zero-order valence-electron chi connectivity index (χ0n) is 9.88. The van der Waals surface area contributed by atoms with Gasteiger partial charge in [-0.05, 0) is 30.4 Å². The highest BCUT2D eigenvalue weighted by Gasteiger charge is 2.10. The number of thiocarbonyl (C=S) groups is 1. The predicted octanol–water partition coefficient (Wildman–Crippen LogP) is 3.49. The van der Waals surface area contributed by atoms with Gasteiger partial charge in [-0.3, -0.25) is 0 Å². The van der Waals surface area contributed by atoms with E-state index in [0.29, 0.717) is 5.69 Å². The maximum absolute atomic E-state index is 9.63. The van der Waals surface area contributed by atoms with Crippen LogP contribution in [0, 0.1) is 11.3 Å². The minimum absolute atomic E-state index is 0.0619. The van der Waals surface area contributed by atoms with Crippen molar-refractivity contribution in [3.05, 3.63) is 22.7 Å². The lowest BCUT2D eigenvalue weighted by Crippen LogP contribution is -2.01. The largest absolute Gasteiger partial charge is 0.493 e. The van der Waals surface area contributed by atoms with E-state index in [0.717, 1.165) is 15.4 Å². The average molecular weight is 340 g/mol. The number of nitrogens with two attached hydrogens (primary N) is 1. The molecule has 0 bridgehead atoms. The smallest absolute Gasteiger partial charge is 0.218 e. The molecule has 0 spiro atoms. The highest BCUT2D eigenvalue weighted by Crippen LogP contribution is 2.36. The van der Waals surface area contributed by atoms with Crippen molar-refractivity contribution >= 4 is 49.9 Å². The fraction of sp³-hybridized carbons (Fsp3) is 0.0909. The van der Waals surface area contributed by atoms with Crippen LogP contribution in [0.15, 0.2) is 32.9 Å². The van der Waals surface area contributed by atoms with Gasteiger partial charge in [-0.15, -0.1) is 10.2 Å². The van der Waals surface area contributed by atoms with E-state index in [1.807, 2.05) is 18.2 Å². The van der Waals surface area contributed by atoms with E-state index in [1.165, 1.54) is 6.92 Å². The van der Waals surface area contributed by atoms with Gasteiger partial charge in [0.1, 0.15) is 0 Å². The van der Waals surface area contributed by atoms with E-state index in [2.05, 4.69) is 43.4 Å². The first-order chi connectivity index (χ1) is 8.99. The Kier molecular flexibility index (Phi) is 5.41. The Morgan fingerprint density at radius 1 is 1.58 bits per heavy atom. The summed E-state index contributed by atoms with van der Waals surface area (Å²) in [6.45, 7) is 1.43. The molecule has 2 aromatic rings. The van der Waals surface area contributed by atoms with Gasteiger partial charge in [0.15, 0.2) is 5.69 Å². The molecule has 0 saturated heterocycles. The van der Waals surface area contributed by atoms with Crippen LogP contribution in [0.1, 0.15) is 6.92 Å². The molecule has 1 aromatic heterocycles. The normalized spacial score (nSPS) is 9.95. The van der Waals surface area contributed by atoms with Gasteiger partial charge in [0, 0.05) is 16.8 Å². The van der Waals surface area contributed by atoms with E-state index in [9.17, 15) is 5.11 Å². The third kappa shape index (κ3) is 4.01. The number of H-pyrrole nitrogens is 1. The minimum atomic E-state index is -0.0799. The van der Waals surface area contributed by atoms with E-state index in [4.69, 9.17) is 11.0 Å². The van der Waals surface area contributed by atoms with Gasteiger partial charge in [0.25, 0.3) is 0 Å². The van der Waals surface area contributed by atoms with Crippen LogP contribution in [0.4, 0.5) is 5.69 Å². The zero-order valence-corrected chi connectivity index (χ0v) is 12.3. The van der Waals surface area contributed by atoms with Gasteiger partial charge in [-0.1, -0.05) is 15.9 Å². The van der Waals surface area contributed by atoms with Crippen molar-refractivity contribution in [2.75, 3.05) is 0 Å². The molecule has 0 aliphatic carbocycles. The molecule has 1 aromatic carbocycles. The van der Waals surface area contributed by atoms with E-state index < -0.39 is 0 Å². The molecule has 0 atom stereocenters. The number of nitrogens with zero attached hydrogens (tertiary/aromatic N) is 3. The van der Waals surface area contributed by atoms with Crippen LogP contribution in [-0.4, -0.2) is 15.2 Å². The fourth-order valence-electron chi connectivity index (χ4n) is 1.34. The van der Waals surface area contributed by atoms with Gasteiger partial charge in [-0.2, -0.15) is 5.26 Å². The maximum atomic E-state index is 9.63. The lowest BCUT2D eigenvalue weighted by molar-refractivity contribution is 0.459. The number of fused-ring (bicyclic) bond motifs is 1. The number of nitrogens with one attached hydrogen (secondary N) is 1. The highest BCUT2D eigenvalue weighted by atomic mass is 79.9. The molecule has 0 saturated carbocycles. The van der Waals surface area contributed by atoms with Crippen LogP contribution in [0.2, 0.25) is 0 Å². The third-order valence-corrected chi connectivity index (χ3v) is 2.54. The van der Waals surface area contributed by atoms with Gasteiger partial charge < -0.3 is 15.8 Å². The summed E-state index contributed by atoms with van der Waals surface area (Å²) in [7, 11) is 0. The Labute approximate surface area is 123 Å². The van der Waals surface area contributed by atoms with Gasteiger partial charge >= 0.3 is 0 Å². The van der Waals surface area contributed by atoms with Crippen molar-refractivity contribution in [2.24, 2.45) is 16.0 Å². The summed E-state index contributed by atoms with van der Waals surface area (Å²) in [6.07, 6.45) is 0. The summed E-state index contributed by atoms with van der Waals surface area (Å²) in [5.74, 6) is -0.0619. The second kappa shape index (κ2) is 6.82. The van der Waals surface area contributed by atoms with Crippen LogP contribution in [-0.2, 0) is 0 Å². The molecule has 0 radical (unpaired) electrons. The molecule has 1 heterocycles. The van der Waals surface area contributed by atoms with Crippen molar-refractivity contribution < 1.29 is 5.11 Å². The number of azo groups is 1. The summed E-state index contributed by atoms with van der Waals surface area (Å²) < 4.78 is 0.880. The molecule has 0 aliphatic rings. The zero-order chi connectivity index (χ0) is 14.4. The number of rotatable bonds is 1. The Balaban J connectivity index is 0.000000550. The summed E-state index contributed by atoms with van der Waals surface area (Å²) >= 11 is 7.91. The second-order valence-corrected chi connectivity index (χ2v) is 4.61. The van der Waals surface area contributed by atoms with Crippen molar-refractivity contribution in [2.45, 2.75) is 6.92 Å². The lowest BCUT2D eigenvalue weighted by Gasteiger charge is -1.92. The SMILES string of the molecule is CC#N.NC(=S)N=Nc1c(O)[nH]c2ccc(Br)cc12. The molecule has 8 heteroatoms. The molecule has 19 heavy (non-hydrogen) atoms. The van der Waals surface area contributed by atoms with Crippen molar-refractivity contribution in [1.82, 2.24) is 4.98 Å². The lowest BCUT2D eigenvalue weighted by atomic mass is 10.2. The molecule has 0 aliphatic heterocycles. The van der Waals surface area contributed by atoms with Gasteiger partial charge in [-0.25, -0.2) is 0 Å². The van der Waals surface area contributed by atoms with Crippen molar-refractivity contribution in [3.63, 3.8) is 0 Å². The van der Waals surface area contributed by atoms with Crippen molar-refractivity contribution in [3.8, 4) is 11.9 Å². The van der Waals surface area contributed by atoms with E-state index in [1.54, 1.807) is 6.07 Å². The highest BCUT2D eigenvalue weighted by molar-refractivity contribution is 9.10. The number of nitriles is 1. The first kappa shape index (κ1) is 15.1. The second-order valence-electron chi connectivity index (χ2n) is 3.27. The number of aromatic nitrogens is 1. The first-order valence-corrected chi connectivity index (χ1v) is 6.22. The molecule has 0 unspecified atom stereocenters. The quantitative estimate of drug-likeness (QED) is 0.545. The van der Waals surface area contributed by atoms with Crippen LogP contribution in [0.25, 0.3) is 10.9 Å². The standard InChI is InChI=1S/C9H7BrN4OS.C2H3N/c10-4-1-2-6-5(3-4)7(8(15)12-6)13-14-9(11)16;1-2-3/h1-3,12,15H,(H2,11,16);1H3. The topological polar surface area (TPSA) is 111 Å². The molecule has 4 N–H and O–H groups in total. The average Bonchev–Trinajstić information content (AvgIpc) is 2.63. The Morgan fingerprint density at radius 2 is 2.21 bits per heavy atom. The minimum Gasteiger partial charge on any atom is -0.493 e. The monoisotopic (exact) mass is 339 g/mol. The summed E-state index contributed by atoms with van der Waals surface area (Å²) in [5, 5.41) is 24.9. The van der Waals surface area contributed by atoms with Crippen LogP contribution in [0.5, 0.6) is 5.88 Å². The first-order valence-electron chi connectivity index (χ1n) is 5.01. The Bertz CT molecular complexity index is 674. The third-order valence-electron chi connectivity index (χ3n) is 1.96. The molecule has 6 nitrogen and oxygen atoms in total. The molecular formula is C11H10BrN5OS. The number of aromatic hydroxyl groups is 1. The number of hydrogen-bond acceptors (Lipinski definition) is 4. The van der Waals surface area contributed by atoms with Crippen LogP contribution < -0.4 is 5.73 Å². The molecule has 0 fully saturated rings. The van der Waals surface area contributed by atoms with E-state index in [-0.39, 0.29) is 11.0 Å². The maximum Gasteiger partial charge on any atom is 0.218 e. The van der Waals surface area contributed by atoms with Gasteiger partial charge in [0.05, 0.1) is 11.6 Å². The number of benzene rings is 1. The molecule has 2 rings (SSSR count). The van der Waals surface area contributed by atoms with Crippen LogP contribution >= 0.6 is 28.1 Å².